The number of fused-ring (bicyclic) bond motifs is 1. The van der Waals surface area contributed by atoms with E-state index in [2.05, 4.69) is 9.84 Å². The van der Waals surface area contributed by atoms with Gasteiger partial charge in [0.05, 0.1) is 5.54 Å². The number of halogens is 1. The topological polar surface area (TPSA) is 32.8 Å². The predicted octanol–water partition coefficient (Wildman–Crippen LogP) is 1.14. The quantitative estimate of drug-likeness (QED) is 0.696. The van der Waals surface area contributed by atoms with Crippen molar-refractivity contribution in [2.75, 3.05) is 33.8 Å². The summed E-state index contributed by atoms with van der Waals surface area (Å²) in [6.45, 7) is 1.85. The van der Waals surface area contributed by atoms with Gasteiger partial charge in [0.1, 0.15) is 6.61 Å². The van der Waals surface area contributed by atoms with Gasteiger partial charge >= 0.3 is 0 Å². The van der Waals surface area contributed by atoms with E-state index in [1.54, 1.807) is 25.1 Å². The third-order valence-electron chi connectivity index (χ3n) is 3.78. The highest BCUT2D eigenvalue weighted by atomic mass is 19.3. The summed E-state index contributed by atoms with van der Waals surface area (Å²) in [7, 11) is 3.46. The van der Waals surface area contributed by atoms with Crippen LogP contribution in [0.2, 0.25) is 0 Å². The van der Waals surface area contributed by atoms with Crippen LogP contribution in [0.25, 0.3) is 0 Å². The average molecular weight is 242 g/mol. The van der Waals surface area contributed by atoms with E-state index in [0.717, 1.165) is 37.9 Å². The van der Waals surface area contributed by atoms with E-state index in [0.29, 0.717) is 0 Å². The van der Waals surface area contributed by atoms with Crippen LogP contribution in [0.3, 0.4) is 0 Å². The molecule has 5 heteroatoms. The zero-order chi connectivity index (χ0) is 12.5. The molecule has 1 atom stereocenters. The molecule has 2 aliphatic heterocycles. The van der Waals surface area contributed by atoms with Crippen molar-refractivity contribution in [2.24, 2.45) is 0 Å². The third-order valence-corrected chi connectivity index (χ3v) is 3.78. The van der Waals surface area contributed by atoms with E-state index in [1.807, 2.05) is 0 Å². The van der Waals surface area contributed by atoms with Crippen molar-refractivity contribution in [3.05, 3.63) is 11.6 Å². The molecule has 17 heavy (non-hydrogen) atoms. The minimum atomic E-state index is -0.201. The minimum Gasteiger partial charge on any atom is -0.345 e. The lowest BCUT2D eigenvalue weighted by Crippen LogP contribution is -2.41. The lowest BCUT2D eigenvalue weighted by Gasteiger charge is -2.29. The van der Waals surface area contributed by atoms with Crippen LogP contribution >= 0.6 is 0 Å². The van der Waals surface area contributed by atoms with Gasteiger partial charge < -0.3 is 4.90 Å². The second kappa shape index (κ2) is 4.74. The van der Waals surface area contributed by atoms with Crippen molar-refractivity contribution in [1.82, 2.24) is 9.80 Å². The fraction of sp³-hybridized carbons (Fsp3) is 0.750. The fourth-order valence-electron chi connectivity index (χ4n) is 2.88. The maximum Gasteiger partial charge on any atom is 0.246 e. The molecule has 96 valence electrons. The first kappa shape index (κ1) is 12.5. The van der Waals surface area contributed by atoms with Gasteiger partial charge in [0.2, 0.25) is 5.91 Å². The molecular formula is C12H19FN2O2. The number of amides is 1. The number of nitrogens with zero attached hydrogens (tertiary/aromatic N) is 2. The van der Waals surface area contributed by atoms with Gasteiger partial charge in [0.15, 0.2) is 0 Å². The number of rotatable bonds is 3. The largest absolute Gasteiger partial charge is 0.345 e. The fourth-order valence-corrected chi connectivity index (χ4v) is 2.88. The van der Waals surface area contributed by atoms with E-state index < -0.39 is 0 Å². The van der Waals surface area contributed by atoms with Gasteiger partial charge in [0, 0.05) is 26.7 Å². The normalized spacial score (nSPS) is 30.9. The number of carbonyl (C=O) groups is 1. The van der Waals surface area contributed by atoms with Gasteiger partial charge in [-0.15, -0.1) is 0 Å². The van der Waals surface area contributed by atoms with Gasteiger partial charge in [-0.25, -0.2) is 0 Å². The molecule has 0 N–H and O–H groups in total. The molecule has 1 unspecified atom stereocenters. The number of hydrogen-bond donors (Lipinski definition) is 0. The first-order chi connectivity index (χ1) is 8.07. The molecule has 0 bridgehead atoms. The summed E-state index contributed by atoms with van der Waals surface area (Å²) in [5.74, 6) is -0.00232. The first-order valence-electron chi connectivity index (χ1n) is 5.97. The van der Waals surface area contributed by atoms with E-state index in [4.69, 9.17) is 0 Å². The lowest BCUT2D eigenvalue weighted by atomic mass is 9.93. The average Bonchev–Trinajstić information content (AvgIpc) is 2.74. The second-order valence-corrected chi connectivity index (χ2v) is 5.21. The van der Waals surface area contributed by atoms with Crippen LogP contribution in [0.4, 0.5) is 4.53 Å². The Hall–Kier alpha value is -0.940. The standard InChI is InChI=1S/C12H19FN2O2/c1-14(2)11(16)6-10-7-12(9-17-13)4-3-5-15(12)8-10/h6H,3-5,7-9H2,1-2H3/b10-6-. The summed E-state index contributed by atoms with van der Waals surface area (Å²) in [5.41, 5.74) is 0.883. The molecule has 0 radical (unpaired) electrons. The van der Waals surface area contributed by atoms with E-state index in [9.17, 15) is 9.32 Å². The molecule has 0 aliphatic carbocycles. The maximum absolute atomic E-state index is 12.2. The molecule has 2 fully saturated rings. The SMILES string of the molecule is CN(C)C(=O)/C=C1\CN2CCCC2(COF)C1. The molecule has 2 saturated heterocycles. The van der Waals surface area contributed by atoms with Gasteiger partial charge in [-0.3, -0.25) is 9.69 Å². The van der Waals surface area contributed by atoms with Crippen molar-refractivity contribution in [1.29, 1.82) is 0 Å². The smallest absolute Gasteiger partial charge is 0.246 e. The Bertz CT molecular complexity index is 343. The Morgan fingerprint density at radius 2 is 2.41 bits per heavy atom. The summed E-state index contributed by atoms with van der Waals surface area (Å²) >= 11 is 0. The number of likely N-dealkylation sites (N-methyl/N-ethyl adjacent to an activating group) is 1. The summed E-state index contributed by atoms with van der Waals surface area (Å²) in [5, 5.41) is 0. The molecule has 2 heterocycles. The van der Waals surface area contributed by atoms with Crippen LogP contribution in [0, 0.1) is 0 Å². The van der Waals surface area contributed by atoms with Crippen LogP contribution < -0.4 is 0 Å². The monoisotopic (exact) mass is 242 g/mol. The van der Waals surface area contributed by atoms with E-state index in [-0.39, 0.29) is 18.1 Å². The molecule has 1 amide bonds. The summed E-state index contributed by atoms with van der Waals surface area (Å²) < 4.78 is 12.2. The molecule has 0 saturated carbocycles. The Kier molecular flexibility index (Phi) is 3.49. The molecule has 0 spiro atoms. The minimum absolute atomic E-state index is 0.00232. The van der Waals surface area contributed by atoms with Crippen molar-refractivity contribution in [3.63, 3.8) is 0 Å². The zero-order valence-electron chi connectivity index (χ0n) is 10.4. The zero-order valence-corrected chi connectivity index (χ0v) is 10.4. The summed E-state index contributed by atoms with van der Waals surface area (Å²) in [6.07, 6.45) is 4.46. The second-order valence-electron chi connectivity index (χ2n) is 5.21. The number of hydrogen-bond acceptors (Lipinski definition) is 3. The van der Waals surface area contributed by atoms with Crippen LogP contribution in [0.5, 0.6) is 0 Å². The van der Waals surface area contributed by atoms with Crippen LogP contribution in [0.15, 0.2) is 11.6 Å². The van der Waals surface area contributed by atoms with E-state index in [1.165, 1.54) is 0 Å². The summed E-state index contributed by atoms with van der Waals surface area (Å²) in [6, 6.07) is 0. The Balaban J connectivity index is 2.10. The Morgan fingerprint density at radius 1 is 1.65 bits per heavy atom. The predicted molar refractivity (Wildman–Crippen MR) is 62.0 cm³/mol. The molecule has 0 aromatic heterocycles. The Labute approximate surface area is 101 Å². The molecule has 2 rings (SSSR count). The van der Waals surface area contributed by atoms with Gasteiger partial charge in [-0.05, 0) is 35.9 Å². The molecule has 0 aromatic carbocycles. The van der Waals surface area contributed by atoms with Crippen molar-refractivity contribution in [2.45, 2.75) is 24.8 Å². The van der Waals surface area contributed by atoms with Crippen LogP contribution in [-0.2, 0) is 9.74 Å². The van der Waals surface area contributed by atoms with Crippen molar-refractivity contribution >= 4 is 5.91 Å². The first-order valence-corrected chi connectivity index (χ1v) is 5.97. The highest BCUT2D eigenvalue weighted by molar-refractivity contribution is 5.88. The Morgan fingerprint density at radius 3 is 3.06 bits per heavy atom. The maximum atomic E-state index is 12.2. The van der Waals surface area contributed by atoms with Gasteiger partial charge in [-0.1, -0.05) is 0 Å². The molecule has 2 aliphatic rings. The molecule has 0 aromatic rings. The van der Waals surface area contributed by atoms with E-state index >= 15 is 0 Å². The van der Waals surface area contributed by atoms with Crippen LogP contribution in [-0.4, -0.2) is 55.0 Å². The van der Waals surface area contributed by atoms with Gasteiger partial charge in [0.25, 0.3) is 0 Å². The number of carbonyl (C=O) groups excluding carboxylic acids is 1. The van der Waals surface area contributed by atoms with Crippen LogP contribution in [0.1, 0.15) is 19.3 Å². The van der Waals surface area contributed by atoms with Crippen molar-refractivity contribution < 1.29 is 14.3 Å². The highest BCUT2D eigenvalue weighted by Crippen LogP contribution is 2.41. The molecule has 4 nitrogen and oxygen atoms in total. The van der Waals surface area contributed by atoms with Crippen molar-refractivity contribution in [3.8, 4) is 0 Å². The lowest BCUT2D eigenvalue weighted by molar-refractivity contribution is -0.160. The third kappa shape index (κ3) is 2.35. The highest BCUT2D eigenvalue weighted by Gasteiger charge is 2.46. The molecular weight excluding hydrogens is 223 g/mol. The van der Waals surface area contributed by atoms with Gasteiger partial charge in [-0.2, -0.15) is 4.94 Å². The summed E-state index contributed by atoms with van der Waals surface area (Å²) in [4.78, 5) is 19.3.